The third-order valence-corrected chi connectivity index (χ3v) is 4.53. The monoisotopic (exact) mass is 411 g/mol. The highest BCUT2D eigenvalue weighted by Gasteiger charge is 2.25. The molecule has 0 saturated carbocycles. The van der Waals surface area contributed by atoms with Gasteiger partial charge in [0.25, 0.3) is 0 Å². The summed E-state index contributed by atoms with van der Waals surface area (Å²) in [6, 6.07) is 12.7. The first kappa shape index (κ1) is 21.5. The molecule has 0 unspecified atom stereocenters. The number of carbonyl (C=O) groups is 2. The van der Waals surface area contributed by atoms with Crippen LogP contribution in [0.4, 0.5) is 21.0 Å². The summed E-state index contributed by atoms with van der Waals surface area (Å²) in [5.41, 5.74) is 3.02. The van der Waals surface area contributed by atoms with E-state index < -0.39 is 5.60 Å². The van der Waals surface area contributed by atoms with E-state index in [2.05, 4.69) is 10.6 Å². The van der Waals surface area contributed by atoms with E-state index in [-0.39, 0.29) is 12.1 Å². The lowest BCUT2D eigenvalue weighted by Crippen LogP contribution is -2.39. The third kappa shape index (κ3) is 5.89. The van der Waals surface area contributed by atoms with Crippen LogP contribution in [0.25, 0.3) is 0 Å². The van der Waals surface area contributed by atoms with Crippen LogP contribution in [-0.2, 0) is 17.7 Å². The summed E-state index contributed by atoms with van der Waals surface area (Å²) >= 11 is 0. The van der Waals surface area contributed by atoms with Crippen LogP contribution in [0, 0.1) is 0 Å². The molecule has 0 radical (unpaired) electrons. The molecule has 7 heteroatoms. The fourth-order valence-electron chi connectivity index (χ4n) is 3.24. The third-order valence-electron chi connectivity index (χ3n) is 4.53. The van der Waals surface area contributed by atoms with Gasteiger partial charge in [0, 0.05) is 30.5 Å². The number of benzene rings is 2. The van der Waals surface area contributed by atoms with E-state index in [4.69, 9.17) is 9.47 Å². The molecule has 2 aromatic rings. The largest absolute Gasteiger partial charge is 0.494 e. The van der Waals surface area contributed by atoms with Gasteiger partial charge in [-0.3, -0.25) is 0 Å². The number of fused-ring (bicyclic) bond motifs is 1. The first-order valence-electron chi connectivity index (χ1n) is 10.1. The van der Waals surface area contributed by atoms with Crippen molar-refractivity contribution in [1.82, 2.24) is 4.90 Å². The number of ether oxygens (including phenoxy) is 2. The Morgan fingerprint density at radius 2 is 1.77 bits per heavy atom. The first-order valence-corrected chi connectivity index (χ1v) is 10.1. The number of urea groups is 1. The van der Waals surface area contributed by atoms with Crippen LogP contribution >= 0.6 is 0 Å². The van der Waals surface area contributed by atoms with Gasteiger partial charge < -0.3 is 25.0 Å². The van der Waals surface area contributed by atoms with Gasteiger partial charge in [-0.25, -0.2) is 9.59 Å². The zero-order valence-corrected chi connectivity index (χ0v) is 18.0. The van der Waals surface area contributed by atoms with Crippen molar-refractivity contribution in [3.8, 4) is 5.75 Å². The summed E-state index contributed by atoms with van der Waals surface area (Å²) in [5.74, 6) is 0.707. The van der Waals surface area contributed by atoms with Crippen molar-refractivity contribution in [3.05, 3.63) is 53.6 Å². The van der Waals surface area contributed by atoms with Gasteiger partial charge in [-0.15, -0.1) is 0 Å². The van der Waals surface area contributed by atoms with Gasteiger partial charge in [0.15, 0.2) is 0 Å². The maximum absolute atomic E-state index is 12.4. The molecule has 160 valence electrons. The molecule has 0 atom stereocenters. The lowest BCUT2D eigenvalue weighted by molar-refractivity contribution is 0.0224. The van der Waals surface area contributed by atoms with Crippen molar-refractivity contribution < 1.29 is 19.1 Å². The molecule has 1 heterocycles. The van der Waals surface area contributed by atoms with E-state index in [9.17, 15) is 9.59 Å². The van der Waals surface area contributed by atoms with Gasteiger partial charge in [-0.05, 0) is 69.5 Å². The topological polar surface area (TPSA) is 79.9 Å². The number of nitrogens with zero attached hydrogens (tertiary/aromatic N) is 1. The van der Waals surface area contributed by atoms with E-state index in [1.165, 1.54) is 0 Å². The molecule has 3 amide bonds. The summed E-state index contributed by atoms with van der Waals surface area (Å²) in [6.07, 6.45) is 0.409. The summed E-state index contributed by atoms with van der Waals surface area (Å²) in [6.45, 7) is 9.14. The minimum Gasteiger partial charge on any atom is -0.494 e. The van der Waals surface area contributed by atoms with Crippen LogP contribution in [0.2, 0.25) is 0 Å². The van der Waals surface area contributed by atoms with Crippen molar-refractivity contribution in [2.45, 2.75) is 46.3 Å². The molecule has 0 aliphatic carbocycles. The Morgan fingerprint density at radius 1 is 1.03 bits per heavy atom. The van der Waals surface area contributed by atoms with Crippen molar-refractivity contribution in [3.63, 3.8) is 0 Å². The van der Waals surface area contributed by atoms with Gasteiger partial charge in [0.2, 0.25) is 0 Å². The predicted molar refractivity (Wildman–Crippen MR) is 117 cm³/mol. The van der Waals surface area contributed by atoms with Crippen molar-refractivity contribution in [1.29, 1.82) is 0 Å². The fraction of sp³-hybridized carbons (Fsp3) is 0.391. The molecule has 7 nitrogen and oxygen atoms in total. The second-order valence-corrected chi connectivity index (χ2v) is 8.18. The van der Waals surface area contributed by atoms with Crippen molar-refractivity contribution >= 4 is 23.5 Å². The van der Waals surface area contributed by atoms with E-state index in [1.807, 2.05) is 58.0 Å². The summed E-state index contributed by atoms with van der Waals surface area (Å²) in [7, 11) is 0. The Hall–Kier alpha value is -3.22. The van der Waals surface area contributed by atoms with E-state index >= 15 is 0 Å². The van der Waals surface area contributed by atoms with Gasteiger partial charge in [0.05, 0.1) is 6.61 Å². The number of amides is 3. The maximum atomic E-state index is 12.4. The number of anilines is 2. The summed E-state index contributed by atoms with van der Waals surface area (Å²) < 4.78 is 10.9. The maximum Gasteiger partial charge on any atom is 0.410 e. The molecule has 0 fully saturated rings. The number of rotatable bonds is 4. The van der Waals surface area contributed by atoms with Gasteiger partial charge >= 0.3 is 12.1 Å². The average molecular weight is 412 g/mol. The smallest absolute Gasteiger partial charge is 0.410 e. The van der Waals surface area contributed by atoms with Gasteiger partial charge in [-0.1, -0.05) is 12.1 Å². The standard InChI is InChI=1S/C23H29N3O4/c1-5-29-20-8-6-7-18(14-20)24-21(27)25-19-10-9-17-15-26(12-11-16(17)13-19)22(28)30-23(2,3)4/h6-10,13-14H,5,11-12,15H2,1-4H3,(H2,24,25,27). The number of carbonyl (C=O) groups excluding carboxylic acids is 2. The Balaban J connectivity index is 1.60. The molecule has 0 saturated heterocycles. The number of nitrogens with one attached hydrogen (secondary N) is 2. The molecule has 30 heavy (non-hydrogen) atoms. The van der Waals surface area contributed by atoms with Crippen LogP contribution in [0.5, 0.6) is 5.75 Å². The lowest BCUT2D eigenvalue weighted by atomic mass is 9.99. The van der Waals surface area contributed by atoms with Crippen LogP contribution in [0.15, 0.2) is 42.5 Å². The second kappa shape index (κ2) is 9.07. The predicted octanol–water partition coefficient (Wildman–Crippen LogP) is 5.02. The zero-order chi connectivity index (χ0) is 21.7. The molecule has 2 N–H and O–H groups in total. The van der Waals surface area contributed by atoms with Gasteiger partial charge in [-0.2, -0.15) is 0 Å². The van der Waals surface area contributed by atoms with Crippen LogP contribution < -0.4 is 15.4 Å². The molecule has 3 rings (SSSR count). The highest BCUT2D eigenvalue weighted by molar-refractivity contribution is 5.99. The van der Waals surface area contributed by atoms with E-state index in [1.54, 1.807) is 17.0 Å². The minimum absolute atomic E-state index is 0.302. The Labute approximate surface area is 177 Å². The van der Waals surface area contributed by atoms with Crippen molar-refractivity contribution in [2.75, 3.05) is 23.8 Å². The summed E-state index contributed by atoms with van der Waals surface area (Å²) in [5, 5.41) is 5.67. The molecular formula is C23H29N3O4. The highest BCUT2D eigenvalue weighted by Crippen LogP contribution is 2.24. The molecule has 0 aromatic heterocycles. The Kier molecular flexibility index (Phi) is 6.50. The lowest BCUT2D eigenvalue weighted by Gasteiger charge is -2.31. The second-order valence-electron chi connectivity index (χ2n) is 8.18. The normalized spacial score (nSPS) is 13.3. The molecule has 0 spiro atoms. The van der Waals surface area contributed by atoms with Crippen LogP contribution in [-0.4, -0.2) is 35.8 Å². The Bertz CT molecular complexity index is 921. The molecule has 1 aliphatic rings. The molecular weight excluding hydrogens is 382 g/mol. The fourth-order valence-corrected chi connectivity index (χ4v) is 3.24. The van der Waals surface area contributed by atoms with Crippen LogP contribution in [0.3, 0.4) is 0 Å². The molecule has 1 aliphatic heterocycles. The molecule has 0 bridgehead atoms. The summed E-state index contributed by atoms with van der Waals surface area (Å²) in [4.78, 5) is 26.4. The van der Waals surface area contributed by atoms with E-state index in [0.717, 1.165) is 11.1 Å². The van der Waals surface area contributed by atoms with Crippen LogP contribution in [0.1, 0.15) is 38.8 Å². The minimum atomic E-state index is -0.513. The van der Waals surface area contributed by atoms with Gasteiger partial charge in [0.1, 0.15) is 11.4 Å². The Morgan fingerprint density at radius 3 is 2.47 bits per heavy atom. The number of hydrogen-bond acceptors (Lipinski definition) is 4. The average Bonchev–Trinajstić information content (AvgIpc) is 2.66. The van der Waals surface area contributed by atoms with E-state index in [0.29, 0.717) is 43.2 Å². The quantitative estimate of drug-likeness (QED) is 0.740. The number of hydrogen-bond donors (Lipinski definition) is 2. The first-order chi connectivity index (χ1) is 14.2. The SMILES string of the molecule is CCOc1cccc(NC(=O)Nc2ccc3c(c2)CCN(C(=O)OC(C)(C)C)C3)c1. The zero-order valence-electron chi connectivity index (χ0n) is 18.0. The molecule has 2 aromatic carbocycles. The van der Waals surface area contributed by atoms with Crippen molar-refractivity contribution in [2.24, 2.45) is 0 Å². The highest BCUT2D eigenvalue weighted by atomic mass is 16.6.